The fraction of sp³-hybridized carbons (Fsp3) is 0.286. The number of nitrogens with one attached hydrogen (secondary N) is 1. The summed E-state index contributed by atoms with van der Waals surface area (Å²) in [6, 6.07) is 11.2. The van der Waals surface area contributed by atoms with Crippen molar-refractivity contribution in [2.24, 2.45) is 0 Å². The predicted molar refractivity (Wildman–Crippen MR) is 104 cm³/mol. The number of aryl methyl sites for hydroxylation is 1. The zero-order valence-corrected chi connectivity index (χ0v) is 15.8. The number of carbonyl (C=O) groups is 1. The second-order valence-corrected chi connectivity index (χ2v) is 6.10. The van der Waals surface area contributed by atoms with Gasteiger partial charge in [0.05, 0.1) is 26.0 Å². The highest BCUT2D eigenvalue weighted by Gasteiger charge is 2.08. The monoisotopic (exact) mass is 355 g/mol. The smallest absolute Gasteiger partial charge is 0.248 e. The van der Waals surface area contributed by atoms with Crippen LogP contribution in [0.5, 0.6) is 17.2 Å². The summed E-state index contributed by atoms with van der Waals surface area (Å²) in [4.78, 5) is 12.2. The molecule has 0 radical (unpaired) electrons. The molecule has 2 aromatic rings. The van der Waals surface area contributed by atoms with Gasteiger partial charge in [0.15, 0.2) is 11.5 Å². The number of methoxy groups -OCH3 is 2. The van der Waals surface area contributed by atoms with Crippen LogP contribution in [-0.2, 0) is 4.79 Å². The molecule has 0 heterocycles. The van der Waals surface area contributed by atoms with E-state index in [4.69, 9.17) is 14.2 Å². The van der Waals surface area contributed by atoms with Gasteiger partial charge in [-0.05, 0) is 62.2 Å². The highest BCUT2D eigenvalue weighted by molar-refractivity contribution is 6.02. The molecule has 2 aromatic carbocycles. The molecule has 0 aromatic heterocycles. The molecule has 2 rings (SSSR count). The molecular formula is C21H25NO4. The molecule has 5 nitrogen and oxygen atoms in total. The molecular weight excluding hydrogens is 330 g/mol. The normalized spacial score (nSPS) is 10.8. The third-order valence-corrected chi connectivity index (χ3v) is 3.59. The van der Waals surface area contributed by atoms with E-state index in [0.29, 0.717) is 22.9 Å². The van der Waals surface area contributed by atoms with Gasteiger partial charge in [-0.25, -0.2) is 0 Å². The third-order valence-electron chi connectivity index (χ3n) is 3.59. The summed E-state index contributed by atoms with van der Waals surface area (Å²) in [7, 11) is 3.16. The molecule has 0 aliphatic rings. The minimum absolute atomic E-state index is 0.0559. The standard InChI is InChI=1S/C21H25NO4/c1-14(2)26-19-10-7-16(13-20(19)25-5)8-11-21(23)22-17-12-15(3)6-9-18(17)24-4/h6-14H,1-5H3,(H,22,23). The topological polar surface area (TPSA) is 56.8 Å². The largest absolute Gasteiger partial charge is 0.495 e. The number of hydrogen-bond acceptors (Lipinski definition) is 4. The van der Waals surface area contributed by atoms with Crippen LogP contribution in [-0.4, -0.2) is 26.2 Å². The summed E-state index contributed by atoms with van der Waals surface area (Å²) in [6.45, 7) is 5.87. The van der Waals surface area contributed by atoms with Crippen LogP contribution in [0.4, 0.5) is 5.69 Å². The van der Waals surface area contributed by atoms with Crippen molar-refractivity contribution in [1.29, 1.82) is 0 Å². The molecule has 0 aliphatic carbocycles. The molecule has 0 saturated carbocycles. The number of benzene rings is 2. The van der Waals surface area contributed by atoms with Crippen molar-refractivity contribution in [3.63, 3.8) is 0 Å². The van der Waals surface area contributed by atoms with Crippen LogP contribution >= 0.6 is 0 Å². The van der Waals surface area contributed by atoms with Gasteiger partial charge >= 0.3 is 0 Å². The summed E-state index contributed by atoms with van der Waals surface area (Å²) in [5.74, 6) is 1.68. The van der Waals surface area contributed by atoms with E-state index < -0.39 is 0 Å². The van der Waals surface area contributed by atoms with Gasteiger partial charge in [0.2, 0.25) is 5.91 Å². The summed E-state index contributed by atoms with van der Waals surface area (Å²) < 4.78 is 16.3. The molecule has 0 fully saturated rings. The van der Waals surface area contributed by atoms with E-state index in [2.05, 4.69) is 5.32 Å². The second kappa shape index (κ2) is 8.94. The first kappa shape index (κ1) is 19.4. The van der Waals surface area contributed by atoms with Crippen molar-refractivity contribution < 1.29 is 19.0 Å². The number of rotatable bonds is 7. The molecule has 0 saturated heterocycles. The Labute approximate surface area is 154 Å². The third kappa shape index (κ3) is 5.28. The van der Waals surface area contributed by atoms with Crippen LogP contribution in [0, 0.1) is 6.92 Å². The van der Waals surface area contributed by atoms with Crippen molar-refractivity contribution in [1.82, 2.24) is 0 Å². The predicted octanol–water partition coefficient (Wildman–Crippen LogP) is 4.45. The molecule has 0 atom stereocenters. The van der Waals surface area contributed by atoms with Gasteiger partial charge in [-0.15, -0.1) is 0 Å². The van der Waals surface area contributed by atoms with E-state index in [0.717, 1.165) is 11.1 Å². The Bertz CT molecular complexity index is 797. The highest BCUT2D eigenvalue weighted by Crippen LogP contribution is 2.29. The molecule has 0 bridgehead atoms. The van der Waals surface area contributed by atoms with E-state index in [-0.39, 0.29) is 12.0 Å². The van der Waals surface area contributed by atoms with Crippen molar-refractivity contribution in [2.75, 3.05) is 19.5 Å². The average molecular weight is 355 g/mol. The Kier molecular flexibility index (Phi) is 6.67. The van der Waals surface area contributed by atoms with Gasteiger partial charge in [0, 0.05) is 6.08 Å². The van der Waals surface area contributed by atoms with Crippen LogP contribution in [0.25, 0.3) is 6.08 Å². The quantitative estimate of drug-likeness (QED) is 0.746. The van der Waals surface area contributed by atoms with Crippen LogP contribution in [0.1, 0.15) is 25.0 Å². The Balaban J connectivity index is 2.12. The van der Waals surface area contributed by atoms with Gasteiger partial charge < -0.3 is 19.5 Å². The molecule has 1 amide bonds. The van der Waals surface area contributed by atoms with Gasteiger partial charge in [0.1, 0.15) is 5.75 Å². The number of amides is 1. The Morgan fingerprint density at radius 1 is 1.00 bits per heavy atom. The maximum absolute atomic E-state index is 12.2. The van der Waals surface area contributed by atoms with Crippen molar-refractivity contribution in [3.8, 4) is 17.2 Å². The minimum atomic E-state index is -0.240. The summed E-state index contributed by atoms with van der Waals surface area (Å²) in [5.41, 5.74) is 2.51. The van der Waals surface area contributed by atoms with Crippen LogP contribution in [0.3, 0.4) is 0 Å². The Morgan fingerprint density at radius 3 is 2.35 bits per heavy atom. The van der Waals surface area contributed by atoms with Gasteiger partial charge in [-0.2, -0.15) is 0 Å². The van der Waals surface area contributed by atoms with E-state index in [9.17, 15) is 4.79 Å². The fourth-order valence-corrected chi connectivity index (χ4v) is 2.40. The zero-order chi connectivity index (χ0) is 19.1. The lowest BCUT2D eigenvalue weighted by molar-refractivity contribution is -0.111. The van der Waals surface area contributed by atoms with E-state index in [1.807, 2.05) is 57.2 Å². The Hall–Kier alpha value is -2.95. The van der Waals surface area contributed by atoms with E-state index >= 15 is 0 Å². The second-order valence-electron chi connectivity index (χ2n) is 6.10. The van der Waals surface area contributed by atoms with Crippen molar-refractivity contribution in [2.45, 2.75) is 26.9 Å². The lowest BCUT2D eigenvalue weighted by Gasteiger charge is -2.13. The number of anilines is 1. The van der Waals surface area contributed by atoms with Crippen LogP contribution < -0.4 is 19.5 Å². The zero-order valence-electron chi connectivity index (χ0n) is 15.8. The van der Waals surface area contributed by atoms with Crippen molar-refractivity contribution in [3.05, 3.63) is 53.6 Å². The SMILES string of the molecule is COc1ccc(C)cc1NC(=O)C=Cc1ccc(OC(C)C)c(OC)c1. The maximum Gasteiger partial charge on any atom is 0.248 e. The lowest BCUT2D eigenvalue weighted by Crippen LogP contribution is -2.09. The first-order valence-corrected chi connectivity index (χ1v) is 8.41. The molecule has 26 heavy (non-hydrogen) atoms. The van der Waals surface area contributed by atoms with Gasteiger partial charge in [-0.3, -0.25) is 4.79 Å². The fourth-order valence-electron chi connectivity index (χ4n) is 2.40. The first-order valence-electron chi connectivity index (χ1n) is 8.41. The Morgan fingerprint density at radius 2 is 1.69 bits per heavy atom. The molecule has 0 aliphatic heterocycles. The first-order chi connectivity index (χ1) is 12.4. The molecule has 1 N–H and O–H groups in total. The van der Waals surface area contributed by atoms with Crippen LogP contribution in [0.2, 0.25) is 0 Å². The number of carbonyl (C=O) groups excluding carboxylic acids is 1. The molecule has 5 heteroatoms. The number of hydrogen-bond donors (Lipinski definition) is 1. The summed E-state index contributed by atoms with van der Waals surface area (Å²) in [6.07, 6.45) is 3.25. The van der Waals surface area contributed by atoms with Crippen LogP contribution in [0.15, 0.2) is 42.5 Å². The van der Waals surface area contributed by atoms with Gasteiger partial charge in [0.25, 0.3) is 0 Å². The highest BCUT2D eigenvalue weighted by atomic mass is 16.5. The number of ether oxygens (including phenoxy) is 3. The van der Waals surface area contributed by atoms with E-state index in [1.54, 1.807) is 20.3 Å². The minimum Gasteiger partial charge on any atom is -0.495 e. The molecule has 0 spiro atoms. The molecule has 138 valence electrons. The van der Waals surface area contributed by atoms with E-state index in [1.165, 1.54) is 6.08 Å². The van der Waals surface area contributed by atoms with Crippen molar-refractivity contribution >= 4 is 17.7 Å². The summed E-state index contributed by atoms with van der Waals surface area (Å²) in [5, 5.41) is 2.83. The van der Waals surface area contributed by atoms with Gasteiger partial charge in [-0.1, -0.05) is 12.1 Å². The average Bonchev–Trinajstić information content (AvgIpc) is 2.60. The molecule has 0 unspecified atom stereocenters. The summed E-state index contributed by atoms with van der Waals surface area (Å²) >= 11 is 0. The lowest BCUT2D eigenvalue weighted by atomic mass is 10.1. The maximum atomic E-state index is 12.2.